The summed E-state index contributed by atoms with van der Waals surface area (Å²) < 4.78 is 30.9. The van der Waals surface area contributed by atoms with E-state index < -0.39 is 11.6 Å². The molecule has 1 unspecified atom stereocenters. The molecule has 0 aliphatic carbocycles. The molecular weight excluding hydrogens is 326 g/mol. The fourth-order valence-corrected chi connectivity index (χ4v) is 3.55. The highest BCUT2D eigenvalue weighted by Gasteiger charge is 2.35. The highest BCUT2D eigenvalue weighted by molar-refractivity contribution is 6.14. The Morgan fingerprint density at radius 1 is 1.16 bits per heavy atom. The van der Waals surface area contributed by atoms with E-state index in [4.69, 9.17) is 0 Å². The first-order valence-electron chi connectivity index (χ1n) is 8.03. The summed E-state index contributed by atoms with van der Waals surface area (Å²) in [5.41, 5.74) is 1.93. The Kier molecular flexibility index (Phi) is 2.85. The summed E-state index contributed by atoms with van der Waals surface area (Å²) in [6, 6.07) is 3.84. The van der Waals surface area contributed by atoms with Crippen LogP contribution in [0.3, 0.4) is 0 Å². The van der Waals surface area contributed by atoms with Gasteiger partial charge in [0.05, 0.1) is 29.2 Å². The summed E-state index contributed by atoms with van der Waals surface area (Å²) in [5, 5.41) is 11.4. The summed E-state index contributed by atoms with van der Waals surface area (Å²) in [7, 11) is 0. The number of aromatic amines is 1. The second kappa shape index (κ2) is 4.98. The van der Waals surface area contributed by atoms with Crippen molar-refractivity contribution in [3.8, 4) is 11.3 Å². The van der Waals surface area contributed by atoms with E-state index in [1.54, 1.807) is 12.4 Å². The van der Waals surface area contributed by atoms with E-state index in [-0.39, 0.29) is 17.3 Å². The zero-order valence-electron chi connectivity index (χ0n) is 13.4. The number of aromatic nitrogens is 4. The average Bonchev–Trinajstić information content (AvgIpc) is 3.16. The van der Waals surface area contributed by atoms with E-state index in [9.17, 15) is 8.78 Å². The molecule has 0 fully saturated rings. The van der Waals surface area contributed by atoms with Crippen molar-refractivity contribution in [2.24, 2.45) is 10.9 Å². The van der Waals surface area contributed by atoms with Crippen molar-refractivity contribution in [3.05, 3.63) is 47.8 Å². The lowest BCUT2D eigenvalue weighted by Crippen LogP contribution is -2.42. The number of anilines is 1. The van der Waals surface area contributed by atoms with Gasteiger partial charge in [0.15, 0.2) is 0 Å². The minimum Gasteiger partial charge on any atom is -0.310 e. The maximum absolute atomic E-state index is 14.5. The molecule has 0 saturated heterocycles. The number of hydrogen-bond donors (Lipinski definition) is 1. The number of amidine groups is 1. The maximum atomic E-state index is 14.5. The molecule has 25 heavy (non-hydrogen) atoms. The standard InChI is InChI=1S/C17H14F2N6/c1-9-7-24-16(14-11(18)3-2-4-12(14)19)22-13-6-20-23-15(13)10-5-21-25(8-9)17(10)24/h2-6,9H,7-8H2,1H3,(H,20,23). The lowest BCUT2D eigenvalue weighted by molar-refractivity contribution is 0.426. The minimum atomic E-state index is -0.642. The van der Waals surface area contributed by atoms with E-state index >= 15 is 0 Å². The van der Waals surface area contributed by atoms with Crippen LogP contribution in [0.2, 0.25) is 0 Å². The van der Waals surface area contributed by atoms with E-state index in [1.807, 2.05) is 9.58 Å². The van der Waals surface area contributed by atoms with Crippen LogP contribution in [0.25, 0.3) is 11.3 Å². The second-order valence-corrected chi connectivity index (χ2v) is 6.44. The van der Waals surface area contributed by atoms with Crippen molar-refractivity contribution in [1.29, 1.82) is 0 Å². The third kappa shape index (κ3) is 1.97. The molecule has 6 nitrogen and oxygen atoms in total. The minimum absolute atomic E-state index is 0.135. The fraction of sp³-hybridized carbons (Fsp3) is 0.235. The Balaban J connectivity index is 1.84. The third-order valence-electron chi connectivity index (χ3n) is 4.60. The molecule has 126 valence electrons. The summed E-state index contributed by atoms with van der Waals surface area (Å²) >= 11 is 0. The lowest BCUT2D eigenvalue weighted by atomic mass is 10.1. The molecule has 4 heterocycles. The van der Waals surface area contributed by atoms with Gasteiger partial charge in [-0.15, -0.1) is 0 Å². The van der Waals surface area contributed by atoms with Crippen LogP contribution in [0.5, 0.6) is 0 Å². The van der Waals surface area contributed by atoms with Gasteiger partial charge in [0.25, 0.3) is 0 Å². The number of hydrogen-bond acceptors (Lipinski definition) is 4. The Bertz CT molecular complexity index is 998. The molecule has 0 amide bonds. The number of aliphatic imine (C=N–C) groups is 1. The van der Waals surface area contributed by atoms with Gasteiger partial charge < -0.3 is 4.90 Å². The van der Waals surface area contributed by atoms with Crippen LogP contribution in [0.15, 0.2) is 35.6 Å². The predicted octanol–water partition coefficient (Wildman–Crippen LogP) is 3.10. The average molecular weight is 340 g/mol. The molecule has 0 bridgehead atoms. The SMILES string of the molecule is CC1CN2C(c3c(F)cccc3F)=Nc3cn[nH]c3-c3cnn(c32)C1. The van der Waals surface area contributed by atoms with Gasteiger partial charge in [0.2, 0.25) is 0 Å². The van der Waals surface area contributed by atoms with Crippen LogP contribution in [0.1, 0.15) is 12.5 Å². The quantitative estimate of drug-likeness (QED) is 0.740. The highest BCUT2D eigenvalue weighted by atomic mass is 19.1. The number of H-pyrrole nitrogens is 1. The summed E-state index contributed by atoms with van der Waals surface area (Å²) in [6.07, 6.45) is 3.30. The molecule has 5 rings (SSSR count). The molecule has 3 aromatic rings. The van der Waals surface area contributed by atoms with Crippen LogP contribution < -0.4 is 4.90 Å². The topological polar surface area (TPSA) is 62.1 Å². The van der Waals surface area contributed by atoms with Crippen LogP contribution in [0.4, 0.5) is 20.3 Å². The molecule has 8 heteroatoms. The molecule has 0 spiro atoms. The molecule has 1 atom stereocenters. The predicted molar refractivity (Wildman–Crippen MR) is 88.9 cm³/mol. The first-order valence-corrected chi connectivity index (χ1v) is 8.03. The monoisotopic (exact) mass is 340 g/mol. The maximum Gasteiger partial charge on any atom is 0.148 e. The molecule has 2 aliphatic rings. The van der Waals surface area contributed by atoms with Crippen molar-refractivity contribution < 1.29 is 8.78 Å². The van der Waals surface area contributed by atoms with Gasteiger partial charge in [-0.3, -0.25) is 5.10 Å². The molecule has 2 aromatic heterocycles. The summed E-state index contributed by atoms with van der Waals surface area (Å²) in [4.78, 5) is 6.42. The van der Waals surface area contributed by atoms with Crippen molar-refractivity contribution in [2.45, 2.75) is 13.5 Å². The Hall–Kier alpha value is -3.03. The van der Waals surface area contributed by atoms with E-state index in [0.717, 1.165) is 17.9 Å². The summed E-state index contributed by atoms with van der Waals surface area (Å²) in [6.45, 7) is 3.41. The highest BCUT2D eigenvalue weighted by Crippen LogP contribution is 2.42. The number of nitrogens with zero attached hydrogens (tertiary/aromatic N) is 5. The third-order valence-corrected chi connectivity index (χ3v) is 4.60. The number of rotatable bonds is 1. The molecule has 0 radical (unpaired) electrons. The normalized spacial score (nSPS) is 18.4. The fourth-order valence-electron chi connectivity index (χ4n) is 3.55. The van der Waals surface area contributed by atoms with Crippen molar-refractivity contribution >= 4 is 17.3 Å². The first-order chi connectivity index (χ1) is 12.1. The van der Waals surface area contributed by atoms with Gasteiger partial charge >= 0.3 is 0 Å². The van der Waals surface area contributed by atoms with Gasteiger partial charge in [0, 0.05) is 13.1 Å². The van der Waals surface area contributed by atoms with E-state index in [0.29, 0.717) is 17.9 Å². The first kappa shape index (κ1) is 14.3. The molecule has 2 aliphatic heterocycles. The van der Waals surface area contributed by atoms with Gasteiger partial charge in [-0.25, -0.2) is 18.5 Å². The Labute approximate surface area is 141 Å². The van der Waals surface area contributed by atoms with Crippen LogP contribution in [-0.2, 0) is 6.54 Å². The number of nitrogens with one attached hydrogen (secondary N) is 1. The van der Waals surface area contributed by atoms with E-state index in [2.05, 4.69) is 27.2 Å². The van der Waals surface area contributed by atoms with Crippen LogP contribution in [-0.4, -0.2) is 32.4 Å². The lowest BCUT2D eigenvalue weighted by Gasteiger charge is -2.34. The largest absolute Gasteiger partial charge is 0.310 e. The zero-order chi connectivity index (χ0) is 17.1. The summed E-state index contributed by atoms with van der Waals surface area (Å²) in [5.74, 6) is -0.00396. The second-order valence-electron chi connectivity index (χ2n) is 6.44. The van der Waals surface area contributed by atoms with Gasteiger partial charge in [-0.1, -0.05) is 13.0 Å². The Morgan fingerprint density at radius 3 is 2.76 bits per heavy atom. The molecule has 1 N–H and O–H groups in total. The number of halogens is 2. The van der Waals surface area contributed by atoms with Gasteiger partial charge in [-0.2, -0.15) is 10.2 Å². The molecule has 1 aromatic carbocycles. The van der Waals surface area contributed by atoms with Crippen molar-refractivity contribution in [3.63, 3.8) is 0 Å². The van der Waals surface area contributed by atoms with Gasteiger partial charge in [0.1, 0.15) is 29.0 Å². The smallest absolute Gasteiger partial charge is 0.148 e. The number of benzene rings is 1. The van der Waals surface area contributed by atoms with Crippen LogP contribution >= 0.6 is 0 Å². The van der Waals surface area contributed by atoms with Crippen molar-refractivity contribution in [1.82, 2.24) is 20.0 Å². The Morgan fingerprint density at radius 2 is 1.96 bits per heavy atom. The molecule has 0 saturated carbocycles. The number of fused-ring (bicyclic) bond motifs is 2. The zero-order valence-corrected chi connectivity index (χ0v) is 13.4. The van der Waals surface area contributed by atoms with Crippen LogP contribution in [0, 0.1) is 17.6 Å². The molecular formula is C17H14F2N6. The van der Waals surface area contributed by atoms with E-state index in [1.165, 1.54) is 18.2 Å². The van der Waals surface area contributed by atoms with Gasteiger partial charge in [-0.05, 0) is 18.1 Å². The van der Waals surface area contributed by atoms with Crippen molar-refractivity contribution in [2.75, 3.05) is 11.4 Å².